The van der Waals surface area contributed by atoms with Crippen LogP contribution in [0, 0.1) is 10.1 Å². The van der Waals surface area contributed by atoms with Gasteiger partial charge < -0.3 is 0 Å². The minimum atomic E-state index is -0.449. The van der Waals surface area contributed by atoms with Crippen molar-refractivity contribution in [3.05, 3.63) is 97.3 Å². The molecule has 0 fully saturated rings. The van der Waals surface area contributed by atoms with Gasteiger partial charge in [0.1, 0.15) is 0 Å². The van der Waals surface area contributed by atoms with Gasteiger partial charge in [-0.3, -0.25) is 19.6 Å². The van der Waals surface area contributed by atoms with Crippen molar-refractivity contribution in [1.29, 1.82) is 0 Å². The van der Waals surface area contributed by atoms with E-state index < -0.39 is 10.8 Å². The molecule has 8 nitrogen and oxygen atoms in total. The van der Waals surface area contributed by atoms with E-state index >= 15 is 0 Å². The molecule has 1 aromatic heterocycles. The zero-order valence-electron chi connectivity index (χ0n) is 18.5. The largest absolute Gasteiger partial charge is 0.293 e. The Morgan fingerprint density at radius 2 is 1.88 bits per heavy atom. The number of hydrazone groups is 1. The number of carbonyl (C=O) groups excluding carboxylic acids is 1. The van der Waals surface area contributed by atoms with Crippen molar-refractivity contribution in [2.75, 3.05) is 0 Å². The van der Waals surface area contributed by atoms with E-state index in [9.17, 15) is 14.9 Å². The summed E-state index contributed by atoms with van der Waals surface area (Å²) in [5.74, 6) is 0.0347. The average molecular weight is 510 g/mol. The molecule has 9 heteroatoms. The zero-order chi connectivity index (χ0) is 24.0. The van der Waals surface area contributed by atoms with E-state index in [1.807, 2.05) is 13.0 Å². The highest BCUT2D eigenvalue weighted by atomic mass is 79.9. The summed E-state index contributed by atoms with van der Waals surface area (Å²) in [7, 11) is 0. The summed E-state index contributed by atoms with van der Waals surface area (Å²) in [6.07, 6.45) is 5.23. The van der Waals surface area contributed by atoms with Gasteiger partial charge in [-0.1, -0.05) is 56.3 Å². The molecule has 0 radical (unpaired) electrons. The van der Waals surface area contributed by atoms with E-state index in [-0.39, 0.29) is 11.4 Å². The average Bonchev–Trinajstić information content (AvgIpc) is 3.14. The Kier molecular flexibility index (Phi) is 7.89. The summed E-state index contributed by atoms with van der Waals surface area (Å²) < 4.78 is 2.10. The van der Waals surface area contributed by atoms with Crippen molar-refractivity contribution in [2.45, 2.75) is 33.2 Å². The molecule has 0 aliphatic rings. The second kappa shape index (κ2) is 10.8. The summed E-state index contributed by atoms with van der Waals surface area (Å²) >= 11 is 3.35. The van der Waals surface area contributed by atoms with Crippen LogP contribution < -0.4 is 5.43 Å². The van der Waals surface area contributed by atoms with E-state index in [1.165, 1.54) is 17.7 Å². The smallest absolute Gasteiger partial charge is 0.266 e. The molecule has 0 spiro atoms. The van der Waals surface area contributed by atoms with Crippen LogP contribution in [0.2, 0.25) is 0 Å². The lowest BCUT2D eigenvalue weighted by molar-refractivity contribution is -0.384. The summed E-state index contributed by atoms with van der Waals surface area (Å²) in [4.78, 5) is 22.8. The van der Waals surface area contributed by atoms with Crippen LogP contribution in [0.1, 0.15) is 53.9 Å². The lowest BCUT2D eigenvalue weighted by Crippen LogP contribution is -2.19. The topological polar surface area (TPSA) is 102 Å². The maximum absolute atomic E-state index is 12.5. The third-order valence-corrected chi connectivity index (χ3v) is 5.44. The molecule has 0 unspecified atom stereocenters. The minimum absolute atomic E-state index is 0.0234. The maximum atomic E-state index is 12.5. The standard InChI is InChI=1S/C24H24BrN5O3/c1-16(2)20-8-4-18(5-9-20)12-17(3)13-26-27-24(31)23-22(25)15-29(28-23)14-19-6-10-21(11-7-19)30(32)33/h4-13,15-16H,14H2,1-3H3,(H,27,31)/b17-12+,26-13-. The van der Waals surface area contributed by atoms with Crippen molar-refractivity contribution >= 4 is 39.8 Å². The van der Waals surface area contributed by atoms with Gasteiger partial charge in [0.15, 0.2) is 5.69 Å². The number of nitro groups is 1. The van der Waals surface area contributed by atoms with Gasteiger partial charge in [-0.2, -0.15) is 10.2 Å². The molecule has 0 aliphatic carbocycles. The molecule has 0 bridgehead atoms. The summed E-state index contributed by atoms with van der Waals surface area (Å²) in [6.45, 7) is 6.58. The fourth-order valence-electron chi connectivity index (χ4n) is 3.07. The number of hydrogen-bond acceptors (Lipinski definition) is 5. The second-order valence-electron chi connectivity index (χ2n) is 7.86. The first-order valence-corrected chi connectivity index (χ1v) is 11.1. The van der Waals surface area contributed by atoms with Gasteiger partial charge in [0.05, 0.1) is 22.2 Å². The first kappa shape index (κ1) is 24.1. The number of carbonyl (C=O) groups is 1. The molecule has 0 aliphatic heterocycles. The molecule has 1 heterocycles. The number of nitro benzene ring substituents is 1. The second-order valence-corrected chi connectivity index (χ2v) is 8.71. The Balaban J connectivity index is 1.60. The number of aromatic nitrogens is 2. The molecule has 3 aromatic rings. The molecule has 1 amide bonds. The molecule has 2 aromatic carbocycles. The summed E-state index contributed by atoms with van der Waals surface area (Å²) in [5.41, 5.74) is 6.75. The van der Waals surface area contributed by atoms with E-state index in [0.29, 0.717) is 16.9 Å². The number of rotatable bonds is 8. The molecule has 1 N–H and O–H groups in total. The number of allylic oxidation sites excluding steroid dienone is 1. The fraction of sp³-hybridized carbons (Fsp3) is 0.208. The van der Waals surface area contributed by atoms with Crippen LogP contribution in [0.15, 0.2) is 69.9 Å². The number of non-ortho nitro benzene ring substituents is 1. The van der Waals surface area contributed by atoms with Gasteiger partial charge in [0.25, 0.3) is 11.6 Å². The van der Waals surface area contributed by atoms with Crippen LogP contribution >= 0.6 is 15.9 Å². The lowest BCUT2D eigenvalue weighted by Gasteiger charge is -2.05. The number of nitrogens with zero attached hydrogens (tertiary/aromatic N) is 4. The monoisotopic (exact) mass is 509 g/mol. The molecule has 0 saturated carbocycles. The predicted octanol–water partition coefficient (Wildman–Crippen LogP) is 5.54. The Hall–Kier alpha value is -3.59. The van der Waals surface area contributed by atoms with E-state index in [1.54, 1.807) is 29.2 Å². The van der Waals surface area contributed by atoms with Crippen molar-refractivity contribution in [3.8, 4) is 0 Å². The third-order valence-electron chi connectivity index (χ3n) is 4.86. The van der Waals surface area contributed by atoms with Crippen LogP contribution in [-0.4, -0.2) is 26.8 Å². The van der Waals surface area contributed by atoms with E-state index in [0.717, 1.165) is 16.7 Å². The van der Waals surface area contributed by atoms with Crippen molar-refractivity contribution in [2.24, 2.45) is 5.10 Å². The van der Waals surface area contributed by atoms with Crippen molar-refractivity contribution < 1.29 is 9.72 Å². The molecule has 0 atom stereocenters. The molecule has 0 saturated heterocycles. The molecule has 33 heavy (non-hydrogen) atoms. The van der Waals surface area contributed by atoms with Gasteiger partial charge in [0, 0.05) is 18.3 Å². The van der Waals surface area contributed by atoms with Crippen LogP contribution in [0.4, 0.5) is 5.69 Å². The molecular weight excluding hydrogens is 486 g/mol. The highest BCUT2D eigenvalue weighted by Crippen LogP contribution is 2.18. The maximum Gasteiger partial charge on any atom is 0.293 e. The Morgan fingerprint density at radius 1 is 1.21 bits per heavy atom. The Labute approximate surface area is 200 Å². The summed E-state index contributed by atoms with van der Waals surface area (Å²) in [5, 5.41) is 19.1. The van der Waals surface area contributed by atoms with Crippen molar-refractivity contribution in [3.63, 3.8) is 0 Å². The van der Waals surface area contributed by atoms with Gasteiger partial charge >= 0.3 is 0 Å². The number of hydrogen-bond donors (Lipinski definition) is 1. The van der Waals surface area contributed by atoms with E-state index in [4.69, 9.17) is 0 Å². The predicted molar refractivity (Wildman–Crippen MR) is 132 cm³/mol. The lowest BCUT2D eigenvalue weighted by atomic mass is 10.0. The number of halogens is 1. The fourth-order valence-corrected chi connectivity index (χ4v) is 3.56. The van der Waals surface area contributed by atoms with E-state index in [2.05, 4.69) is 69.7 Å². The normalized spacial score (nSPS) is 11.8. The number of amides is 1. The molecule has 170 valence electrons. The van der Waals surface area contributed by atoms with Crippen molar-refractivity contribution in [1.82, 2.24) is 15.2 Å². The first-order chi connectivity index (χ1) is 15.7. The summed E-state index contributed by atoms with van der Waals surface area (Å²) in [6, 6.07) is 14.5. The molecule has 3 rings (SSSR count). The highest BCUT2D eigenvalue weighted by molar-refractivity contribution is 9.10. The van der Waals surface area contributed by atoms with Crippen LogP contribution in [0.25, 0.3) is 6.08 Å². The number of nitrogens with one attached hydrogen (secondary N) is 1. The molecular formula is C24H24BrN5O3. The van der Waals surface area contributed by atoms with Crippen LogP contribution in [0.3, 0.4) is 0 Å². The van der Waals surface area contributed by atoms with Gasteiger partial charge in [-0.25, -0.2) is 5.43 Å². The van der Waals surface area contributed by atoms with Gasteiger partial charge in [-0.05, 0) is 51.0 Å². The Bertz CT molecular complexity index is 1200. The highest BCUT2D eigenvalue weighted by Gasteiger charge is 2.15. The van der Waals surface area contributed by atoms with Crippen LogP contribution in [0.5, 0.6) is 0 Å². The SMILES string of the molecule is CC(/C=N\NC(=O)c1nn(Cc2ccc([N+](=O)[O-])cc2)cc1Br)=C\c1ccc(C(C)C)cc1. The first-order valence-electron chi connectivity index (χ1n) is 10.3. The Morgan fingerprint density at radius 3 is 2.48 bits per heavy atom. The van der Waals surface area contributed by atoms with Gasteiger partial charge in [0.2, 0.25) is 0 Å². The van der Waals surface area contributed by atoms with Crippen LogP contribution in [-0.2, 0) is 6.54 Å². The third kappa shape index (κ3) is 6.69. The van der Waals surface area contributed by atoms with Gasteiger partial charge in [-0.15, -0.1) is 0 Å². The minimum Gasteiger partial charge on any atom is -0.266 e. The number of benzene rings is 2. The quantitative estimate of drug-likeness (QED) is 0.244. The zero-order valence-corrected chi connectivity index (χ0v) is 20.1.